The summed E-state index contributed by atoms with van der Waals surface area (Å²) in [7, 11) is 0. The Morgan fingerprint density at radius 3 is 1.38 bits per heavy atom. The zero-order valence-electron chi connectivity index (χ0n) is 39.5. The molecular weight excluding hydrogens is 837 g/mol. The molecule has 0 saturated heterocycles. The summed E-state index contributed by atoms with van der Waals surface area (Å²) < 4.78 is 4.83. The van der Waals surface area contributed by atoms with E-state index < -0.39 is 0 Å². The van der Waals surface area contributed by atoms with Crippen molar-refractivity contribution in [3.8, 4) is 33.6 Å². The van der Waals surface area contributed by atoms with Gasteiger partial charge in [0.25, 0.3) is 0 Å². The molecule has 2 aromatic heterocycles. The number of benzene rings is 9. The molecule has 13 rings (SSSR count). The highest BCUT2D eigenvalue weighted by Gasteiger charge is 2.37. The van der Waals surface area contributed by atoms with Crippen LogP contribution >= 0.6 is 0 Å². The predicted octanol–water partition coefficient (Wildman–Crippen LogP) is 16.4. The number of rotatable bonds is 6. The quantitative estimate of drug-likeness (QED) is 0.118. The largest absolute Gasteiger partial charge is 0.309 e. The van der Waals surface area contributed by atoms with Crippen LogP contribution in [0.5, 0.6) is 0 Å². The fourth-order valence-corrected chi connectivity index (χ4v) is 11.7. The van der Waals surface area contributed by atoms with Crippen molar-refractivity contribution in [2.45, 2.75) is 45.4 Å². The van der Waals surface area contributed by atoms with Gasteiger partial charge in [-0.1, -0.05) is 174 Å². The number of hydrogen-bond acceptors (Lipinski definition) is 1. The molecule has 0 atom stereocenters. The Kier molecular flexibility index (Phi) is 8.94. The number of hydrogen-bond donors (Lipinski definition) is 0. The molecule has 0 radical (unpaired) electrons. The normalized spacial score (nSPS) is 14.6. The van der Waals surface area contributed by atoms with Gasteiger partial charge in [-0.3, -0.25) is 0 Å². The van der Waals surface area contributed by atoms with E-state index in [1.165, 1.54) is 77.1 Å². The number of amidine groups is 1. The molecule has 0 amide bonds. The summed E-state index contributed by atoms with van der Waals surface area (Å²) >= 11 is 0. The Labute approximate surface area is 402 Å². The van der Waals surface area contributed by atoms with Gasteiger partial charge in [-0.05, 0) is 118 Å². The SMILES string of the molecule is C=C(N=C(N=C(C)c1ccccc1)c1cccc(-n2c3ccccc3c3cc4c(cc32)C(C)(C)c2ccccc2-4)c1)c1cccc(-n2c3ccccc3c3cc4c(cc32)C(C)(C)c2ccccc2-4)c1. The van der Waals surface area contributed by atoms with Crippen molar-refractivity contribution in [1.29, 1.82) is 0 Å². The van der Waals surface area contributed by atoms with Gasteiger partial charge < -0.3 is 9.13 Å². The lowest BCUT2D eigenvalue weighted by atomic mass is 9.82. The molecule has 0 saturated carbocycles. The van der Waals surface area contributed by atoms with E-state index in [1.54, 1.807) is 0 Å². The third kappa shape index (κ3) is 6.15. The van der Waals surface area contributed by atoms with Crippen molar-refractivity contribution in [2.24, 2.45) is 9.98 Å². The first-order valence-electron chi connectivity index (χ1n) is 24.0. The molecule has 9 aromatic carbocycles. The van der Waals surface area contributed by atoms with Crippen LogP contribution in [-0.2, 0) is 10.8 Å². The molecular formula is C65H50N4. The minimum absolute atomic E-state index is 0.122. The van der Waals surface area contributed by atoms with Gasteiger partial charge in [0.2, 0.25) is 0 Å². The highest BCUT2D eigenvalue weighted by atomic mass is 15.0. The standard InChI is InChI=1S/C65H50N4/c1-40(42-20-8-7-9-21-42)66-63(44-23-19-25-46(35-44)69-60-33-17-13-29-50(60)54-37-52-48-27-11-15-31-56(48)65(5,6)58(52)39-62(54)69)67-41(2)43-22-18-24-45(34-43)68-59-32-16-12-28-49(59)53-36-51-47-26-10-14-30-55(47)64(3,4)57(51)38-61(53)68/h7-39H,2H2,1,3-6H3. The van der Waals surface area contributed by atoms with Gasteiger partial charge in [0, 0.05) is 60.6 Å². The molecule has 330 valence electrons. The van der Waals surface area contributed by atoms with Crippen LogP contribution in [0.15, 0.2) is 217 Å². The third-order valence-corrected chi connectivity index (χ3v) is 15.3. The Bertz CT molecular complexity index is 4040. The van der Waals surface area contributed by atoms with E-state index in [9.17, 15) is 0 Å². The van der Waals surface area contributed by atoms with Crippen LogP contribution in [-0.4, -0.2) is 20.7 Å². The monoisotopic (exact) mass is 886 g/mol. The highest BCUT2D eigenvalue weighted by molar-refractivity contribution is 6.15. The molecule has 4 heteroatoms. The summed E-state index contributed by atoms with van der Waals surface area (Å²) in [4.78, 5) is 10.7. The van der Waals surface area contributed by atoms with E-state index in [0.29, 0.717) is 11.5 Å². The molecule has 2 heterocycles. The van der Waals surface area contributed by atoms with Crippen molar-refractivity contribution >= 4 is 60.9 Å². The van der Waals surface area contributed by atoms with E-state index in [2.05, 4.69) is 244 Å². The number of fused-ring (bicyclic) bond motifs is 12. The third-order valence-electron chi connectivity index (χ3n) is 15.3. The molecule has 11 aromatic rings. The first-order valence-corrected chi connectivity index (χ1v) is 24.0. The van der Waals surface area contributed by atoms with Crippen LogP contribution in [0.2, 0.25) is 0 Å². The number of para-hydroxylation sites is 2. The summed E-state index contributed by atoms with van der Waals surface area (Å²) in [6.07, 6.45) is 0. The lowest BCUT2D eigenvalue weighted by Crippen LogP contribution is -2.15. The maximum atomic E-state index is 5.37. The van der Waals surface area contributed by atoms with Crippen molar-refractivity contribution in [3.05, 3.63) is 246 Å². The Morgan fingerprint density at radius 2 is 0.826 bits per heavy atom. The minimum Gasteiger partial charge on any atom is -0.309 e. The zero-order chi connectivity index (χ0) is 46.8. The molecule has 2 aliphatic rings. The summed E-state index contributed by atoms with van der Waals surface area (Å²) in [6, 6.07) is 72.7. The van der Waals surface area contributed by atoms with E-state index >= 15 is 0 Å². The second-order valence-electron chi connectivity index (χ2n) is 19.9. The van der Waals surface area contributed by atoms with E-state index in [-0.39, 0.29) is 10.8 Å². The maximum absolute atomic E-state index is 5.37. The van der Waals surface area contributed by atoms with Crippen molar-refractivity contribution in [3.63, 3.8) is 0 Å². The highest BCUT2D eigenvalue weighted by Crippen LogP contribution is 2.52. The Morgan fingerprint density at radius 1 is 0.377 bits per heavy atom. The maximum Gasteiger partial charge on any atom is 0.160 e. The average molecular weight is 887 g/mol. The summed E-state index contributed by atoms with van der Waals surface area (Å²) in [6.45, 7) is 16.1. The lowest BCUT2D eigenvalue weighted by molar-refractivity contribution is 0.661. The van der Waals surface area contributed by atoms with E-state index in [0.717, 1.165) is 44.8 Å². The fourth-order valence-electron chi connectivity index (χ4n) is 11.7. The van der Waals surface area contributed by atoms with Crippen molar-refractivity contribution in [1.82, 2.24) is 9.13 Å². The molecule has 2 aliphatic carbocycles. The van der Waals surface area contributed by atoms with Gasteiger partial charge in [-0.25, -0.2) is 9.98 Å². The van der Waals surface area contributed by atoms with Crippen molar-refractivity contribution < 1.29 is 0 Å². The average Bonchev–Trinajstić information content (AvgIpc) is 4.03. The first kappa shape index (κ1) is 40.9. The minimum atomic E-state index is -0.129. The topological polar surface area (TPSA) is 34.6 Å². The molecule has 0 aliphatic heterocycles. The molecule has 69 heavy (non-hydrogen) atoms. The van der Waals surface area contributed by atoms with E-state index in [4.69, 9.17) is 9.98 Å². The molecule has 0 fully saturated rings. The second kappa shape index (κ2) is 15.1. The molecule has 0 bridgehead atoms. The summed E-state index contributed by atoms with van der Waals surface area (Å²) in [5.41, 5.74) is 21.6. The van der Waals surface area contributed by atoms with Gasteiger partial charge in [-0.15, -0.1) is 0 Å². The predicted molar refractivity (Wildman–Crippen MR) is 291 cm³/mol. The smallest absolute Gasteiger partial charge is 0.160 e. The van der Waals surface area contributed by atoms with Crippen LogP contribution in [0, 0.1) is 0 Å². The summed E-state index contributed by atoms with van der Waals surface area (Å²) in [5.74, 6) is 0.598. The van der Waals surface area contributed by atoms with Gasteiger partial charge in [0.15, 0.2) is 5.84 Å². The summed E-state index contributed by atoms with van der Waals surface area (Å²) in [5, 5.41) is 4.94. The number of aromatic nitrogens is 2. The molecule has 0 spiro atoms. The molecule has 0 unspecified atom stereocenters. The number of aliphatic imine (C=N–C) groups is 2. The van der Waals surface area contributed by atoms with Crippen LogP contribution in [0.25, 0.3) is 82.9 Å². The van der Waals surface area contributed by atoms with E-state index in [1.807, 2.05) is 6.07 Å². The van der Waals surface area contributed by atoms with Crippen LogP contribution in [0.4, 0.5) is 0 Å². The Balaban J connectivity index is 0.950. The molecule has 0 N–H and O–H groups in total. The van der Waals surface area contributed by atoms with Crippen LogP contribution in [0.1, 0.15) is 73.6 Å². The van der Waals surface area contributed by atoms with Gasteiger partial charge in [0.05, 0.1) is 27.8 Å². The van der Waals surface area contributed by atoms with Gasteiger partial charge in [0.1, 0.15) is 0 Å². The van der Waals surface area contributed by atoms with Crippen LogP contribution in [0.3, 0.4) is 0 Å². The first-order chi connectivity index (χ1) is 33.6. The van der Waals surface area contributed by atoms with Gasteiger partial charge in [-0.2, -0.15) is 0 Å². The van der Waals surface area contributed by atoms with Crippen LogP contribution < -0.4 is 0 Å². The van der Waals surface area contributed by atoms with Crippen molar-refractivity contribution in [2.75, 3.05) is 0 Å². The second-order valence-corrected chi connectivity index (χ2v) is 19.9. The Hall–Kier alpha value is -8.34. The zero-order valence-corrected chi connectivity index (χ0v) is 39.5. The number of nitrogens with zero attached hydrogens (tertiary/aromatic N) is 4. The molecule has 4 nitrogen and oxygen atoms in total. The lowest BCUT2D eigenvalue weighted by Gasteiger charge is -2.21. The van der Waals surface area contributed by atoms with Gasteiger partial charge >= 0.3 is 0 Å². The fraction of sp³-hybridized carbons (Fsp3) is 0.108.